The van der Waals surface area contributed by atoms with Crippen molar-refractivity contribution in [3.8, 4) is 0 Å². The van der Waals surface area contributed by atoms with Gasteiger partial charge in [-0.05, 0) is 39.5 Å². The highest BCUT2D eigenvalue weighted by atomic mass is 16.8. The summed E-state index contributed by atoms with van der Waals surface area (Å²) < 4.78 is 23.6. The molecule has 3 heterocycles. The second-order valence-corrected chi connectivity index (χ2v) is 6.39. The maximum Gasteiger partial charge on any atom is 0.343 e. The summed E-state index contributed by atoms with van der Waals surface area (Å²) in [5.74, 6) is -2.86. The first-order valence-electron chi connectivity index (χ1n) is 7.84. The zero-order chi connectivity index (χ0) is 15.1. The number of hydrogen-bond donors (Lipinski definition) is 1. The summed E-state index contributed by atoms with van der Waals surface area (Å²) in [5, 5.41) is 9.99. The van der Waals surface area contributed by atoms with Gasteiger partial charge >= 0.3 is 5.97 Å². The highest BCUT2D eigenvalue weighted by molar-refractivity contribution is 5.81. The maximum atomic E-state index is 12.4. The average molecular weight is 300 g/mol. The third-order valence-electron chi connectivity index (χ3n) is 4.89. The van der Waals surface area contributed by atoms with E-state index in [0.29, 0.717) is 26.1 Å². The summed E-state index contributed by atoms with van der Waals surface area (Å²) in [6, 6.07) is 0. The second kappa shape index (κ2) is 5.19. The molecule has 0 radical (unpaired) electrons. The van der Waals surface area contributed by atoms with Gasteiger partial charge in [-0.3, -0.25) is 0 Å². The molecule has 3 rings (SSSR count). The van der Waals surface area contributed by atoms with Gasteiger partial charge in [-0.25, -0.2) is 4.79 Å². The van der Waals surface area contributed by atoms with Crippen molar-refractivity contribution >= 4 is 5.97 Å². The quantitative estimate of drug-likeness (QED) is 0.740. The number of ether oxygens (including phenoxy) is 4. The lowest BCUT2D eigenvalue weighted by molar-refractivity contribution is -0.460. The van der Waals surface area contributed by atoms with Gasteiger partial charge in [-0.15, -0.1) is 0 Å². The molecule has 3 saturated heterocycles. The highest BCUT2D eigenvalue weighted by Gasteiger charge is 2.68. The molecule has 2 spiro atoms. The van der Waals surface area contributed by atoms with E-state index in [1.54, 1.807) is 6.92 Å². The minimum absolute atomic E-state index is 0.521. The van der Waals surface area contributed by atoms with Crippen LogP contribution in [-0.2, 0) is 23.7 Å². The number of carbonyl (C=O) groups is 1. The average Bonchev–Trinajstić information content (AvgIpc) is 2.47. The van der Waals surface area contributed by atoms with Crippen molar-refractivity contribution in [1.29, 1.82) is 0 Å². The van der Waals surface area contributed by atoms with Crippen LogP contribution in [-0.4, -0.2) is 47.6 Å². The second-order valence-electron chi connectivity index (χ2n) is 6.39. The minimum Gasteiger partial charge on any atom is -0.425 e. The fourth-order valence-electron chi connectivity index (χ4n) is 3.35. The molecule has 3 aliphatic heterocycles. The predicted molar refractivity (Wildman–Crippen MR) is 72.3 cm³/mol. The smallest absolute Gasteiger partial charge is 0.343 e. The van der Waals surface area contributed by atoms with Crippen LogP contribution in [0.5, 0.6) is 0 Å². The molecule has 0 aromatic heterocycles. The van der Waals surface area contributed by atoms with E-state index in [0.717, 1.165) is 25.7 Å². The van der Waals surface area contributed by atoms with E-state index in [9.17, 15) is 9.90 Å². The van der Waals surface area contributed by atoms with E-state index in [-0.39, 0.29) is 0 Å². The summed E-state index contributed by atoms with van der Waals surface area (Å²) in [4.78, 5) is 12.4. The van der Waals surface area contributed by atoms with Crippen LogP contribution in [0.15, 0.2) is 0 Å². The molecule has 6 heteroatoms. The normalized spacial score (nSPS) is 45.6. The van der Waals surface area contributed by atoms with Crippen LogP contribution >= 0.6 is 0 Å². The Morgan fingerprint density at radius 3 is 2.10 bits per heavy atom. The van der Waals surface area contributed by atoms with Crippen LogP contribution in [0.25, 0.3) is 0 Å². The molecule has 120 valence electrons. The van der Waals surface area contributed by atoms with Gasteiger partial charge < -0.3 is 24.1 Å². The molecule has 4 atom stereocenters. The summed E-state index contributed by atoms with van der Waals surface area (Å²) >= 11 is 0. The number of carbonyl (C=O) groups excluding carboxylic acids is 1. The van der Waals surface area contributed by atoms with Gasteiger partial charge in [0.2, 0.25) is 5.79 Å². The topological polar surface area (TPSA) is 74.2 Å². The van der Waals surface area contributed by atoms with Crippen LogP contribution < -0.4 is 0 Å². The number of hydrogen-bond acceptors (Lipinski definition) is 6. The zero-order valence-corrected chi connectivity index (χ0v) is 12.7. The summed E-state index contributed by atoms with van der Waals surface area (Å²) in [6.45, 7) is 4.14. The molecule has 0 aromatic carbocycles. The van der Waals surface area contributed by atoms with Gasteiger partial charge in [0.05, 0.1) is 19.3 Å². The first-order chi connectivity index (χ1) is 9.94. The molecule has 1 N–H and O–H groups in total. The van der Waals surface area contributed by atoms with Crippen molar-refractivity contribution in [3.63, 3.8) is 0 Å². The largest absolute Gasteiger partial charge is 0.425 e. The molecular formula is C15H24O6. The molecule has 0 saturated carbocycles. The Bertz CT molecular complexity index is 408. The van der Waals surface area contributed by atoms with Crippen LogP contribution in [0.1, 0.15) is 52.4 Å². The van der Waals surface area contributed by atoms with Crippen LogP contribution in [0.2, 0.25) is 0 Å². The molecule has 21 heavy (non-hydrogen) atoms. The van der Waals surface area contributed by atoms with Gasteiger partial charge in [-0.2, -0.15) is 0 Å². The van der Waals surface area contributed by atoms with Crippen molar-refractivity contribution < 1.29 is 28.8 Å². The Morgan fingerprint density at radius 2 is 1.62 bits per heavy atom. The van der Waals surface area contributed by atoms with Gasteiger partial charge in [0, 0.05) is 12.8 Å². The van der Waals surface area contributed by atoms with E-state index < -0.39 is 29.2 Å². The number of aliphatic hydroxyl groups is 1. The lowest BCUT2D eigenvalue weighted by Crippen LogP contribution is -2.73. The molecule has 0 amide bonds. The number of aliphatic hydroxyl groups excluding tert-OH is 1. The van der Waals surface area contributed by atoms with Crippen molar-refractivity contribution in [2.45, 2.75) is 75.7 Å². The highest BCUT2D eigenvalue weighted by Crippen LogP contribution is 2.50. The van der Waals surface area contributed by atoms with Crippen LogP contribution in [0, 0.1) is 0 Å². The molecule has 3 aliphatic rings. The Kier molecular flexibility index (Phi) is 3.76. The summed E-state index contributed by atoms with van der Waals surface area (Å²) in [5.41, 5.74) is -1.43. The third kappa shape index (κ3) is 2.20. The Hall–Kier alpha value is -0.690. The van der Waals surface area contributed by atoms with E-state index >= 15 is 0 Å². The van der Waals surface area contributed by atoms with E-state index in [1.165, 1.54) is 6.92 Å². The fourth-order valence-corrected chi connectivity index (χ4v) is 3.35. The van der Waals surface area contributed by atoms with Crippen molar-refractivity contribution in [2.24, 2.45) is 0 Å². The Balaban J connectivity index is 1.99. The zero-order valence-electron chi connectivity index (χ0n) is 12.7. The maximum absolute atomic E-state index is 12.4. The van der Waals surface area contributed by atoms with Gasteiger partial charge in [0.25, 0.3) is 5.79 Å². The molecule has 0 aromatic rings. The number of fused-ring (bicyclic) bond motifs is 1. The van der Waals surface area contributed by atoms with E-state index in [4.69, 9.17) is 18.9 Å². The first kappa shape index (κ1) is 15.2. The van der Waals surface area contributed by atoms with Gasteiger partial charge in [0.15, 0.2) is 5.60 Å². The third-order valence-corrected chi connectivity index (χ3v) is 4.89. The van der Waals surface area contributed by atoms with Crippen LogP contribution in [0.3, 0.4) is 0 Å². The number of rotatable bonds is 1. The molecule has 0 bridgehead atoms. The molecular weight excluding hydrogens is 276 g/mol. The SMILES string of the molecule is C[C@H](O)[C@]1(C)OC2(CCCCO2)C2(CCCCO2)OC1=O. The van der Waals surface area contributed by atoms with Crippen molar-refractivity contribution in [3.05, 3.63) is 0 Å². The summed E-state index contributed by atoms with van der Waals surface area (Å²) in [6.07, 6.45) is 3.86. The first-order valence-corrected chi connectivity index (χ1v) is 7.84. The fraction of sp³-hybridized carbons (Fsp3) is 0.933. The molecule has 6 nitrogen and oxygen atoms in total. The van der Waals surface area contributed by atoms with Gasteiger partial charge in [-0.1, -0.05) is 0 Å². The molecule has 0 aliphatic carbocycles. The van der Waals surface area contributed by atoms with Crippen molar-refractivity contribution in [1.82, 2.24) is 0 Å². The minimum atomic E-state index is -1.43. The summed E-state index contributed by atoms with van der Waals surface area (Å²) in [7, 11) is 0. The van der Waals surface area contributed by atoms with E-state index in [1.807, 2.05) is 0 Å². The molecule has 2 unspecified atom stereocenters. The predicted octanol–water partition coefficient (Wildman–Crippen LogP) is 1.49. The monoisotopic (exact) mass is 300 g/mol. The van der Waals surface area contributed by atoms with E-state index in [2.05, 4.69) is 0 Å². The Labute approximate surface area is 124 Å². The number of esters is 1. The van der Waals surface area contributed by atoms with Gasteiger partial charge in [0.1, 0.15) is 0 Å². The standard InChI is InChI=1S/C15H24O6/c1-11(16)13(2)12(17)20-14(7-3-5-9-18-14)15(21-13)8-4-6-10-19-15/h11,16H,3-10H2,1-2H3/t11-,13-,14?,15?/m0/s1. The lowest BCUT2D eigenvalue weighted by Gasteiger charge is -2.57. The van der Waals surface area contributed by atoms with Crippen LogP contribution in [0.4, 0.5) is 0 Å². The molecule has 3 fully saturated rings. The lowest BCUT2D eigenvalue weighted by atomic mass is 9.86. The van der Waals surface area contributed by atoms with Crippen molar-refractivity contribution in [2.75, 3.05) is 13.2 Å². The Morgan fingerprint density at radius 1 is 1.05 bits per heavy atom.